The molecule has 0 aromatic heterocycles. The van der Waals surface area contributed by atoms with Gasteiger partial charge in [-0.3, -0.25) is 9.69 Å². The molecule has 3 rings (SSSR count). The van der Waals surface area contributed by atoms with Crippen LogP contribution in [0.3, 0.4) is 0 Å². The largest absolute Gasteiger partial charge is 0.478 e. The predicted octanol–water partition coefficient (Wildman–Crippen LogP) is 5.62. The second-order valence-electron chi connectivity index (χ2n) is 8.97. The van der Waals surface area contributed by atoms with Crippen molar-refractivity contribution in [3.8, 4) is 0 Å². The zero-order chi connectivity index (χ0) is 24.0. The van der Waals surface area contributed by atoms with E-state index in [4.69, 9.17) is 0 Å². The van der Waals surface area contributed by atoms with Gasteiger partial charge in [0.15, 0.2) is 0 Å². The van der Waals surface area contributed by atoms with Gasteiger partial charge in [0.25, 0.3) is 0 Å². The van der Waals surface area contributed by atoms with Crippen LogP contribution in [0.25, 0.3) is 0 Å². The lowest BCUT2D eigenvalue weighted by Crippen LogP contribution is -2.37. The molecule has 7 heteroatoms. The molecule has 0 aliphatic carbocycles. The summed E-state index contributed by atoms with van der Waals surface area (Å²) < 4.78 is 28.8. The number of amides is 1. The Kier molecular flexibility index (Phi) is 8.55. The Morgan fingerprint density at radius 1 is 0.970 bits per heavy atom. The van der Waals surface area contributed by atoms with E-state index in [-0.39, 0.29) is 36.0 Å². The third kappa shape index (κ3) is 6.38. The Labute approximate surface area is 194 Å². The highest BCUT2D eigenvalue weighted by molar-refractivity contribution is 5.96. The molecule has 0 spiro atoms. The van der Waals surface area contributed by atoms with Gasteiger partial charge in [0.2, 0.25) is 5.91 Å². The fraction of sp³-hybridized carbons (Fsp3) is 0.462. The number of carbonyl (C=O) groups is 2. The number of nitrogens with zero attached hydrogens (tertiary/aromatic N) is 2. The van der Waals surface area contributed by atoms with Crippen LogP contribution in [0.4, 0.5) is 14.5 Å². The highest BCUT2D eigenvalue weighted by Crippen LogP contribution is 2.28. The maximum atomic E-state index is 14.4. The van der Waals surface area contributed by atoms with Crippen LogP contribution in [0.5, 0.6) is 0 Å². The number of hydrogen-bond acceptors (Lipinski definition) is 3. The lowest BCUT2D eigenvalue weighted by Gasteiger charge is -2.30. The van der Waals surface area contributed by atoms with Gasteiger partial charge >= 0.3 is 5.97 Å². The van der Waals surface area contributed by atoms with Gasteiger partial charge in [0.1, 0.15) is 11.6 Å². The van der Waals surface area contributed by atoms with Crippen molar-refractivity contribution >= 4 is 17.6 Å². The number of anilines is 1. The molecular weight excluding hydrogens is 426 g/mol. The summed E-state index contributed by atoms with van der Waals surface area (Å²) in [5.41, 5.74) is 1.45. The Hall–Kier alpha value is -2.80. The quantitative estimate of drug-likeness (QED) is 0.646. The van der Waals surface area contributed by atoms with Crippen LogP contribution >= 0.6 is 0 Å². The van der Waals surface area contributed by atoms with Crippen molar-refractivity contribution in [3.05, 3.63) is 64.7 Å². The van der Waals surface area contributed by atoms with E-state index in [1.54, 1.807) is 17.0 Å². The van der Waals surface area contributed by atoms with Crippen molar-refractivity contribution < 1.29 is 23.5 Å². The molecule has 0 saturated carbocycles. The van der Waals surface area contributed by atoms with E-state index in [2.05, 4.69) is 0 Å². The predicted molar refractivity (Wildman–Crippen MR) is 124 cm³/mol. The molecule has 1 amide bonds. The third-order valence-electron chi connectivity index (χ3n) is 6.07. The van der Waals surface area contributed by atoms with Gasteiger partial charge in [-0.2, -0.15) is 0 Å². The summed E-state index contributed by atoms with van der Waals surface area (Å²) in [4.78, 5) is 28.4. The molecule has 0 fully saturated rings. The first-order valence-electron chi connectivity index (χ1n) is 11.6. The Morgan fingerprint density at radius 3 is 2.24 bits per heavy atom. The van der Waals surface area contributed by atoms with E-state index >= 15 is 0 Å². The summed E-state index contributed by atoms with van der Waals surface area (Å²) in [6.45, 7) is 5.20. The van der Waals surface area contributed by atoms with E-state index in [1.807, 2.05) is 18.7 Å². The molecule has 1 heterocycles. The zero-order valence-electron chi connectivity index (χ0n) is 19.3. The number of carboxylic acids is 1. The van der Waals surface area contributed by atoms with E-state index in [0.29, 0.717) is 24.3 Å². The van der Waals surface area contributed by atoms with Crippen LogP contribution in [-0.4, -0.2) is 35.0 Å². The smallest absolute Gasteiger partial charge is 0.335 e. The molecule has 2 aromatic carbocycles. The number of carboxylic acid groups (broad SMARTS) is 1. The van der Waals surface area contributed by atoms with Gasteiger partial charge < -0.3 is 10.0 Å². The standard InChI is InChI=1S/C26H32F2N2O3/c1-18(2)25(31)30-14-7-5-3-4-6-13-29(17-21-22(27)9-8-10-23(21)28)16-20-15-19(26(32)33)11-12-24(20)30/h8-12,15,18H,3-7,13-14,16-17H2,1-2H3,(H,32,33). The van der Waals surface area contributed by atoms with Crippen molar-refractivity contribution in [2.45, 2.75) is 59.0 Å². The lowest BCUT2D eigenvalue weighted by atomic mass is 10.0. The van der Waals surface area contributed by atoms with Crippen LogP contribution < -0.4 is 4.90 Å². The van der Waals surface area contributed by atoms with Gasteiger partial charge in [0, 0.05) is 36.8 Å². The van der Waals surface area contributed by atoms with Crippen LogP contribution in [0.15, 0.2) is 36.4 Å². The molecule has 33 heavy (non-hydrogen) atoms. The summed E-state index contributed by atoms with van der Waals surface area (Å²) in [5.74, 6) is -2.50. The molecular formula is C26H32F2N2O3. The molecule has 0 saturated heterocycles. The maximum absolute atomic E-state index is 14.4. The van der Waals surface area contributed by atoms with E-state index in [0.717, 1.165) is 32.1 Å². The Balaban J connectivity index is 2.04. The zero-order valence-corrected chi connectivity index (χ0v) is 19.3. The van der Waals surface area contributed by atoms with Crippen LogP contribution in [0, 0.1) is 17.6 Å². The van der Waals surface area contributed by atoms with E-state index in [9.17, 15) is 23.5 Å². The number of aromatic carboxylic acids is 1. The monoisotopic (exact) mass is 458 g/mol. The summed E-state index contributed by atoms with van der Waals surface area (Å²) >= 11 is 0. The molecule has 1 aliphatic rings. The molecule has 2 aromatic rings. The number of hydrogen-bond donors (Lipinski definition) is 1. The van der Waals surface area contributed by atoms with Crippen molar-refractivity contribution in [3.63, 3.8) is 0 Å². The first-order chi connectivity index (χ1) is 15.8. The van der Waals surface area contributed by atoms with Gasteiger partial charge in [-0.1, -0.05) is 39.2 Å². The van der Waals surface area contributed by atoms with E-state index < -0.39 is 17.6 Å². The van der Waals surface area contributed by atoms with Crippen LogP contribution in [0.2, 0.25) is 0 Å². The average molecular weight is 459 g/mol. The Morgan fingerprint density at radius 2 is 1.61 bits per heavy atom. The summed E-state index contributed by atoms with van der Waals surface area (Å²) in [7, 11) is 0. The number of benzene rings is 2. The molecule has 1 N–H and O–H groups in total. The average Bonchev–Trinajstić information content (AvgIpc) is 2.76. The topological polar surface area (TPSA) is 60.9 Å². The first-order valence-corrected chi connectivity index (χ1v) is 11.6. The summed E-state index contributed by atoms with van der Waals surface area (Å²) in [6.07, 6.45) is 4.72. The van der Waals surface area contributed by atoms with Crippen molar-refractivity contribution in [2.24, 2.45) is 5.92 Å². The molecule has 0 radical (unpaired) electrons. The highest BCUT2D eigenvalue weighted by Gasteiger charge is 2.24. The minimum Gasteiger partial charge on any atom is -0.478 e. The van der Waals surface area contributed by atoms with E-state index in [1.165, 1.54) is 24.3 Å². The van der Waals surface area contributed by atoms with Gasteiger partial charge in [-0.05, 0) is 55.3 Å². The number of carbonyl (C=O) groups excluding carboxylic acids is 1. The molecule has 0 unspecified atom stereocenters. The van der Waals surface area contributed by atoms with Crippen LogP contribution in [-0.2, 0) is 17.9 Å². The van der Waals surface area contributed by atoms with Gasteiger partial charge in [-0.25, -0.2) is 13.6 Å². The van der Waals surface area contributed by atoms with Crippen molar-refractivity contribution in [1.29, 1.82) is 0 Å². The fourth-order valence-electron chi connectivity index (χ4n) is 4.27. The summed E-state index contributed by atoms with van der Waals surface area (Å²) in [6, 6.07) is 8.60. The number of fused-ring (bicyclic) bond motifs is 1. The second kappa shape index (κ2) is 11.4. The molecule has 5 nitrogen and oxygen atoms in total. The SMILES string of the molecule is CC(C)C(=O)N1CCCCCCCN(Cc2c(F)cccc2F)Cc2cc(C(=O)O)ccc21. The molecule has 1 aliphatic heterocycles. The molecule has 0 atom stereocenters. The maximum Gasteiger partial charge on any atom is 0.335 e. The third-order valence-corrected chi connectivity index (χ3v) is 6.07. The minimum atomic E-state index is -1.06. The lowest BCUT2D eigenvalue weighted by molar-refractivity contribution is -0.121. The molecule has 178 valence electrons. The highest BCUT2D eigenvalue weighted by atomic mass is 19.1. The number of rotatable bonds is 4. The van der Waals surface area contributed by atoms with Gasteiger partial charge in [-0.15, -0.1) is 0 Å². The normalized spacial score (nSPS) is 16.1. The van der Waals surface area contributed by atoms with Gasteiger partial charge in [0.05, 0.1) is 5.56 Å². The van der Waals surface area contributed by atoms with Crippen molar-refractivity contribution in [1.82, 2.24) is 4.90 Å². The summed E-state index contributed by atoms with van der Waals surface area (Å²) in [5, 5.41) is 9.54. The molecule has 0 bridgehead atoms. The minimum absolute atomic E-state index is 0.00403. The van der Waals surface area contributed by atoms with Crippen molar-refractivity contribution in [2.75, 3.05) is 18.0 Å². The Bertz CT molecular complexity index is 973. The van der Waals surface area contributed by atoms with Crippen LogP contribution in [0.1, 0.15) is 67.4 Å². The first kappa shape index (κ1) is 24.8. The fourth-order valence-corrected chi connectivity index (χ4v) is 4.27. The second-order valence-corrected chi connectivity index (χ2v) is 8.97. The number of halogens is 2.